The Hall–Kier alpha value is -6.63. The van der Waals surface area contributed by atoms with E-state index in [-0.39, 0.29) is 0 Å². The lowest BCUT2D eigenvalue weighted by Crippen LogP contribution is -2.07. The molecule has 5 nitrogen and oxygen atoms in total. The molecule has 11 aromatic rings. The number of nitrogens with zero attached hydrogens (tertiary/aromatic N) is 5. The van der Waals surface area contributed by atoms with Crippen LogP contribution in [0.15, 0.2) is 164 Å². The molecule has 51 heavy (non-hydrogen) atoms. The summed E-state index contributed by atoms with van der Waals surface area (Å²) < 4.78 is 7.11. The van der Waals surface area contributed by atoms with Crippen LogP contribution in [0.2, 0.25) is 0 Å². The summed E-state index contributed by atoms with van der Waals surface area (Å²) in [5.41, 5.74) is 7.41. The largest absolute Gasteiger partial charge is 0.307 e. The van der Waals surface area contributed by atoms with Crippen molar-refractivity contribution < 1.29 is 0 Å². The summed E-state index contributed by atoms with van der Waals surface area (Å²) in [5.74, 6) is 1.86. The average molecular weight is 670 g/mol. The molecule has 11 rings (SSSR count). The topological polar surface area (TPSA) is 48.5 Å². The molecule has 4 aromatic heterocycles. The summed E-state index contributed by atoms with van der Waals surface area (Å²) in [6.45, 7) is 0. The highest BCUT2D eigenvalue weighted by molar-refractivity contribution is 7.25. The quantitative estimate of drug-likeness (QED) is 0.187. The maximum absolute atomic E-state index is 5.41. The smallest absolute Gasteiger partial charge is 0.238 e. The SMILES string of the molecule is c1ccc(-c2nc(-c3cccc4sc5ccccc5c34)nc(-n3c4ccccc4c4ccc5c6ccccc6n(-c6ccccc6)c5c43)n2)cc1. The molecule has 0 saturated heterocycles. The Morgan fingerprint density at radius 2 is 0.961 bits per heavy atom. The van der Waals surface area contributed by atoms with Crippen molar-refractivity contribution in [1.29, 1.82) is 0 Å². The summed E-state index contributed by atoms with van der Waals surface area (Å²) in [6, 6.07) is 57.7. The number of fused-ring (bicyclic) bond motifs is 10. The van der Waals surface area contributed by atoms with E-state index in [0.717, 1.165) is 49.7 Å². The zero-order valence-electron chi connectivity index (χ0n) is 27.2. The van der Waals surface area contributed by atoms with Crippen LogP contribution in [0, 0.1) is 0 Å². The van der Waals surface area contributed by atoms with Crippen LogP contribution in [0.5, 0.6) is 0 Å². The van der Waals surface area contributed by atoms with Crippen LogP contribution in [-0.2, 0) is 0 Å². The molecule has 0 bridgehead atoms. The van der Waals surface area contributed by atoms with Gasteiger partial charge in [-0.15, -0.1) is 11.3 Å². The number of hydrogen-bond acceptors (Lipinski definition) is 4. The van der Waals surface area contributed by atoms with Gasteiger partial charge in [-0.2, -0.15) is 9.97 Å². The van der Waals surface area contributed by atoms with Gasteiger partial charge in [-0.3, -0.25) is 4.57 Å². The van der Waals surface area contributed by atoms with Crippen LogP contribution in [0.4, 0.5) is 0 Å². The highest BCUT2D eigenvalue weighted by Crippen LogP contribution is 2.43. The first-order chi connectivity index (χ1) is 25.3. The van der Waals surface area contributed by atoms with Gasteiger partial charge >= 0.3 is 0 Å². The van der Waals surface area contributed by atoms with Gasteiger partial charge in [0.15, 0.2) is 11.6 Å². The van der Waals surface area contributed by atoms with E-state index in [9.17, 15) is 0 Å². The Labute approximate surface area is 296 Å². The first-order valence-electron chi connectivity index (χ1n) is 17.0. The van der Waals surface area contributed by atoms with Crippen molar-refractivity contribution in [2.45, 2.75) is 0 Å². The predicted molar refractivity (Wildman–Crippen MR) is 212 cm³/mol. The van der Waals surface area contributed by atoms with Gasteiger partial charge in [0.2, 0.25) is 5.95 Å². The predicted octanol–water partition coefficient (Wildman–Crippen LogP) is 11.8. The molecule has 0 radical (unpaired) electrons. The van der Waals surface area contributed by atoms with E-state index in [0.29, 0.717) is 17.6 Å². The van der Waals surface area contributed by atoms with Crippen molar-refractivity contribution in [2.75, 3.05) is 0 Å². The minimum Gasteiger partial charge on any atom is -0.307 e. The van der Waals surface area contributed by atoms with Crippen LogP contribution in [0.3, 0.4) is 0 Å². The second-order valence-electron chi connectivity index (χ2n) is 12.8. The molecular weight excluding hydrogens is 643 g/mol. The Bertz CT molecular complexity index is 3140. The molecule has 0 fully saturated rings. The molecule has 0 spiro atoms. The maximum atomic E-state index is 5.41. The lowest BCUT2D eigenvalue weighted by atomic mass is 10.1. The molecule has 0 aliphatic carbocycles. The van der Waals surface area contributed by atoms with Gasteiger partial charge in [0.05, 0.1) is 22.1 Å². The lowest BCUT2D eigenvalue weighted by Gasteiger charge is -2.13. The fourth-order valence-electron chi connectivity index (χ4n) is 7.82. The second-order valence-corrected chi connectivity index (χ2v) is 13.9. The van der Waals surface area contributed by atoms with Crippen LogP contribution >= 0.6 is 11.3 Å². The summed E-state index contributed by atoms with van der Waals surface area (Å²) in [4.78, 5) is 15.9. The van der Waals surface area contributed by atoms with Crippen molar-refractivity contribution in [3.63, 3.8) is 0 Å². The van der Waals surface area contributed by atoms with Crippen molar-refractivity contribution in [3.8, 4) is 34.4 Å². The summed E-state index contributed by atoms with van der Waals surface area (Å²) in [5, 5.41) is 7.05. The summed E-state index contributed by atoms with van der Waals surface area (Å²) >= 11 is 1.80. The van der Waals surface area contributed by atoms with Crippen LogP contribution in [-0.4, -0.2) is 24.1 Å². The Kier molecular flexibility index (Phi) is 6.05. The minimum absolute atomic E-state index is 0.582. The molecule has 0 aliphatic rings. The van der Waals surface area contributed by atoms with Crippen LogP contribution in [0.25, 0.3) is 98.2 Å². The molecule has 6 heteroatoms. The van der Waals surface area contributed by atoms with Gasteiger partial charge in [-0.25, -0.2) is 4.98 Å². The number of para-hydroxylation sites is 3. The highest BCUT2D eigenvalue weighted by Gasteiger charge is 2.24. The third-order valence-electron chi connectivity index (χ3n) is 9.98. The Morgan fingerprint density at radius 1 is 0.392 bits per heavy atom. The van der Waals surface area contributed by atoms with Crippen molar-refractivity contribution in [1.82, 2.24) is 24.1 Å². The van der Waals surface area contributed by atoms with Gasteiger partial charge in [-0.05, 0) is 36.4 Å². The van der Waals surface area contributed by atoms with Crippen LogP contribution < -0.4 is 0 Å². The fourth-order valence-corrected chi connectivity index (χ4v) is 8.95. The molecule has 0 atom stereocenters. The Morgan fingerprint density at radius 3 is 1.71 bits per heavy atom. The average Bonchev–Trinajstić information content (AvgIpc) is 3.86. The highest BCUT2D eigenvalue weighted by atomic mass is 32.1. The number of rotatable bonds is 4. The summed E-state index contributed by atoms with van der Waals surface area (Å²) in [7, 11) is 0. The zero-order valence-corrected chi connectivity index (χ0v) is 28.0. The molecule has 238 valence electrons. The standard InChI is InChI=1S/C45H27N5S/c1-3-14-28(15-4-1)43-46-44(35-21-13-25-39-40(35)34-20-9-12-24-38(34)51-39)48-45(47-43)50-37-23-11-8-19-31(37)33-27-26-32-30-18-7-10-22-36(30)49(41(32)42(33)50)29-16-5-2-6-17-29/h1-27H. The third kappa shape index (κ3) is 4.17. The molecule has 0 saturated carbocycles. The lowest BCUT2D eigenvalue weighted by molar-refractivity contribution is 0.954. The van der Waals surface area contributed by atoms with Crippen molar-refractivity contribution in [3.05, 3.63) is 164 Å². The molecule has 0 unspecified atom stereocenters. The maximum Gasteiger partial charge on any atom is 0.238 e. The normalized spacial score (nSPS) is 11.9. The van der Waals surface area contributed by atoms with E-state index in [1.807, 2.05) is 18.2 Å². The monoisotopic (exact) mass is 669 g/mol. The molecule has 7 aromatic carbocycles. The molecule has 0 aliphatic heterocycles. The molecular formula is C45H27N5S. The third-order valence-corrected chi connectivity index (χ3v) is 11.1. The van der Waals surface area contributed by atoms with Gasteiger partial charge in [-0.1, -0.05) is 127 Å². The van der Waals surface area contributed by atoms with Gasteiger partial charge < -0.3 is 4.57 Å². The van der Waals surface area contributed by atoms with E-state index in [4.69, 9.17) is 15.0 Å². The Balaban J connectivity index is 1.31. The van der Waals surface area contributed by atoms with Gasteiger partial charge in [0, 0.05) is 58.5 Å². The van der Waals surface area contributed by atoms with E-state index in [1.54, 1.807) is 11.3 Å². The van der Waals surface area contributed by atoms with E-state index in [2.05, 4.69) is 155 Å². The minimum atomic E-state index is 0.582. The number of benzene rings is 7. The van der Waals surface area contributed by atoms with E-state index < -0.39 is 0 Å². The number of aromatic nitrogens is 5. The van der Waals surface area contributed by atoms with Crippen LogP contribution in [0.1, 0.15) is 0 Å². The number of thiophene rings is 1. The molecule has 0 amide bonds. The van der Waals surface area contributed by atoms with Crippen molar-refractivity contribution >= 4 is 75.1 Å². The fraction of sp³-hybridized carbons (Fsp3) is 0. The zero-order chi connectivity index (χ0) is 33.5. The van der Waals surface area contributed by atoms with Crippen molar-refractivity contribution in [2.24, 2.45) is 0 Å². The van der Waals surface area contributed by atoms with E-state index in [1.165, 1.54) is 30.9 Å². The second kappa shape index (κ2) is 10.9. The molecule has 4 heterocycles. The van der Waals surface area contributed by atoms with E-state index >= 15 is 0 Å². The number of hydrogen-bond donors (Lipinski definition) is 0. The first kappa shape index (κ1) is 28.2. The van der Waals surface area contributed by atoms with Gasteiger partial charge in [0.25, 0.3) is 0 Å². The molecule has 0 N–H and O–H groups in total. The first-order valence-corrected chi connectivity index (χ1v) is 17.9. The van der Waals surface area contributed by atoms with Gasteiger partial charge in [0.1, 0.15) is 0 Å². The summed E-state index contributed by atoms with van der Waals surface area (Å²) in [6.07, 6.45) is 0.